The third-order valence-corrected chi connectivity index (χ3v) is 3.43. The Morgan fingerprint density at radius 1 is 1.21 bits per heavy atom. The van der Waals surface area contributed by atoms with Crippen molar-refractivity contribution in [2.75, 3.05) is 14.2 Å². The topological polar surface area (TPSA) is 68.9 Å². The zero-order valence-electron chi connectivity index (χ0n) is 11.5. The summed E-state index contributed by atoms with van der Waals surface area (Å²) in [6, 6.07) is 6.04. The molecule has 0 atom stereocenters. The van der Waals surface area contributed by atoms with E-state index in [1.54, 1.807) is 14.2 Å². The largest absolute Gasteiger partial charge is 0.493 e. The Bertz CT molecular complexity index is 454. The Hall–Kier alpha value is -1.75. The molecule has 0 unspecified atom stereocenters. The Morgan fingerprint density at radius 2 is 1.89 bits per heavy atom. The van der Waals surface area contributed by atoms with E-state index in [1.165, 1.54) is 12.8 Å². The van der Waals surface area contributed by atoms with Gasteiger partial charge in [-0.2, -0.15) is 0 Å². The highest BCUT2D eigenvalue weighted by molar-refractivity contribution is 5.99. The van der Waals surface area contributed by atoms with Gasteiger partial charge in [-0.15, -0.1) is 0 Å². The molecule has 104 valence electrons. The average molecular weight is 263 g/mol. The van der Waals surface area contributed by atoms with Crippen LogP contribution in [0.1, 0.15) is 31.2 Å². The highest BCUT2D eigenvalue weighted by atomic mass is 16.5. The van der Waals surface area contributed by atoms with Crippen LogP contribution in [0.15, 0.2) is 23.2 Å². The zero-order chi connectivity index (χ0) is 13.7. The van der Waals surface area contributed by atoms with Gasteiger partial charge >= 0.3 is 0 Å². The van der Waals surface area contributed by atoms with E-state index in [9.17, 15) is 0 Å². The summed E-state index contributed by atoms with van der Waals surface area (Å²) in [4.78, 5) is 4.68. The molecule has 3 N–H and O–H groups in total. The van der Waals surface area contributed by atoms with Gasteiger partial charge in [0.25, 0.3) is 0 Å². The lowest BCUT2D eigenvalue weighted by atomic mass is 10.1. The van der Waals surface area contributed by atoms with E-state index in [0.717, 1.165) is 18.4 Å². The molecule has 19 heavy (non-hydrogen) atoms. The van der Waals surface area contributed by atoms with Crippen LogP contribution in [0, 0.1) is 0 Å². The van der Waals surface area contributed by atoms with Gasteiger partial charge in [-0.25, -0.2) is 5.84 Å². The number of hydrogen-bond acceptors (Lipinski definition) is 4. The third-order valence-electron chi connectivity index (χ3n) is 3.43. The lowest BCUT2D eigenvalue weighted by molar-refractivity contribution is 0.355. The van der Waals surface area contributed by atoms with Crippen LogP contribution in [0.2, 0.25) is 0 Å². The predicted octanol–water partition coefficient (Wildman–Crippen LogP) is 1.86. The van der Waals surface area contributed by atoms with E-state index in [2.05, 4.69) is 10.4 Å². The number of hydrazine groups is 1. The molecule has 1 fully saturated rings. The number of methoxy groups -OCH3 is 2. The minimum atomic E-state index is 0.374. The molecule has 0 aliphatic heterocycles. The van der Waals surface area contributed by atoms with Gasteiger partial charge < -0.3 is 14.9 Å². The fraction of sp³-hybridized carbons (Fsp3) is 0.500. The monoisotopic (exact) mass is 263 g/mol. The standard InChI is InChI=1S/C14H21N3O2/c1-18-12-8-7-10(9-13(12)19-2)14(17-15)16-11-5-3-4-6-11/h7-9,11H,3-6,15H2,1-2H3,(H,16,17). The van der Waals surface area contributed by atoms with Crippen molar-refractivity contribution in [1.82, 2.24) is 5.43 Å². The summed E-state index contributed by atoms with van der Waals surface area (Å²) in [5.41, 5.74) is 3.60. The molecule has 1 aromatic rings. The number of aliphatic imine (C=N–C) groups is 1. The molecule has 0 amide bonds. The van der Waals surface area contributed by atoms with Crippen molar-refractivity contribution in [3.05, 3.63) is 23.8 Å². The number of hydrogen-bond donors (Lipinski definition) is 2. The van der Waals surface area contributed by atoms with Crippen LogP contribution in [0.4, 0.5) is 0 Å². The molecule has 1 aromatic carbocycles. The minimum Gasteiger partial charge on any atom is -0.493 e. The Morgan fingerprint density at radius 3 is 2.47 bits per heavy atom. The summed E-state index contributed by atoms with van der Waals surface area (Å²) in [7, 11) is 3.23. The van der Waals surface area contributed by atoms with E-state index in [4.69, 9.17) is 15.3 Å². The van der Waals surface area contributed by atoms with Crippen molar-refractivity contribution >= 4 is 5.84 Å². The maximum Gasteiger partial charge on any atom is 0.161 e. The van der Waals surface area contributed by atoms with Gasteiger partial charge in [0.15, 0.2) is 11.5 Å². The first-order valence-electron chi connectivity index (χ1n) is 6.55. The average Bonchev–Trinajstić information content (AvgIpc) is 2.97. The molecular weight excluding hydrogens is 242 g/mol. The van der Waals surface area contributed by atoms with Crippen molar-refractivity contribution in [3.63, 3.8) is 0 Å². The quantitative estimate of drug-likeness (QED) is 0.376. The number of nitrogens with zero attached hydrogens (tertiary/aromatic N) is 1. The summed E-state index contributed by atoms with van der Waals surface area (Å²) >= 11 is 0. The molecular formula is C14H21N3O2. The fourth-order valence-corrected chi connectivity index (χ4v) is 2.39. The van der Waals surface area contributed by atoms with Crippen molar-refractivity contribution in [2.24, 2.45) is 10.8 Å². The number of ether oxygens (including phenoxy) is 2. The van der Waals surface area contributed by atoms with Crippen LogP contribution in [-0.4, -0.2) is 26.1 Å². The summed E-state index contributed by atoms with van der Waals surface area (Å²) in [5.74, 6) is 7.67. The van der Waals surface area contributed by atoms with Gasteiger partial charge in [0.2, 0.25) is 0 Å². The molecule has 0 bridgehead atoms. The molecule has 0 heterocycles. The van der Waals surface area contributed by atoms with Gasteiger partial charge in [-0.05, 0) is 31.0 Å². The fourth-order valence-electron chi connectivity index (χ4n) is 2.39. The summed E-state index contributed by atoms with van der Waals surface area (Å²) in [6.45, 7) is 0. The minimum absolute atomic E-state index is 0.374. The Kier molecular flexibility index (Phi) is 4.63. The van der Waals surface area contributed by atoms with Gasteiger partial charge in [0, 0.05) is 5.56 Å². The van der Waals surface area contributed by atoms with E-state index < -0.39 is 0 Å². The first kappa shape index (κ1) is 13.7. The van der Waals surface area contributed by atoms with Crippen LogP contribution in [0.3, 0.4) is 0 Å². The maximum atomic E-state index is 5.59. The van der Waals surface area contributed by atoms with Crippen LogP contribution < -0.4 is 20.7 Å². The number of amidine groups is 1. The number of benzene rings is 1. The Labute approximate surface area is 113 Å². The van der Waals surface area contributed by atoms with E-state index >= 15 is 0 Å². The summed E-state index contributed by atoms with van der Waals surface area (Å²) < 4.78 is 10.5. The van der Waals surface area contributed by atoms with Gasteiger partial charge in [0.05, 0.1) is 20.3 Å². The van der Waals surface area contributed by atoms with E-state index in [1.807, 2.05) is 18.2 Å². The molecule has 5 nitrogen and oxygen atoms in total. The van der Waals surface area contributed by atoms with Crippen molar-refractivity contribution in [1.29, 1.82) is 0 Å². The Balaban J connectivity index is 2.27. The van der Waals surface area contributed by atoms with E-state index in [0.29, 0.717) is 23.4 Å². The highest BCUT2D eigenvalue weighted by Crippen LogP contribution is 2.28. The number of nitrogens with one attached hydrogen (secondary N) is 1. The SMILES string of the molecule is COc1ccc(C(=NC2CCCC2)NN)cc1OC. The lowest BCUT2D eigenvalue weighted by Gasteiger charge is -2.12. The second kappa shape index (κ2) is 6.43. The third kappa shape index (κ3) is 3.17. The van der Waals surface area contributed by atoms with E-state index in [-0.39, 0.29) is 0 Å². The molecule has 0 radical (unpaired) electrons. The van der Waals surface area contributed by atoms with Gasteiger partial charge in [0.1, 0.15) is 5.84 Å². The first-order chi connectivity index (χ1) is 9.28. The normalized spacial score (nSPS) is 16.5. The van der Waals surface area contributed by atoms with Crippen LogP contribution >= 0.6 is 0 Å². The second-order valence-corrected chi connectivity index (χ2v) is 4.63. The van der Waals surface area contributed by atoms with Gasteiger partial charge in [-0.1, -0.05) is 12.8 Å². The van der Waals surface area contributed by atoms with Crippen molar-refractivity contribution in [3.8, 4) is 11.5 Å². The molecule has 0 spiro atoms. The molecule has 2 rings (SSSR count). The number of rotatable bonds is 4. The molecule has 5 heteroatoms. The molecule has 0 saturated heterocycles. The lowest BCUT2D eigenvalue weighted by Crippen LogP contribution is -2.32. The molecule has 1 saturated carbocycles. The van der Waals surface area contributed by atoms with Gasteiger partial charge in [-0.3, -0.25) is 4.99 Å². The van der Waals surface area contributed by atoms with Crippen molar-refractivity contribution < 1.29 is 9.47 Å². The highest BCUT2D eigenvalue weighted by Gasteiger charge is 2.16. The summed E-state index contributed by atoms with van der Waals surface area (Å²) in [6.07, 6.45) is 4.77. The zero-order valence-corrected chi connectivity index (χ0v) is 11.5. The second-order valence-electron chi connectivity index (χ2n) is 4.63. The van der Waals surface area contributed by atoms with Crippen molar-refractivity contribution in [2.45, 2.75) is 31.7 Å². The maximum absolute atomic E-state index is 5.59. The smallest absolute Gasteiger partial charge is 0.161 e. The predicted molar refractivity (Wildman–Crippen MR) is 75.7 cm³/mol. The molecule has 0 aromatic heterocycles. The van der Waals surface area contributed by atoms with Crippen LogP contribution in [0.5, 0.6) is 11.5 Å². The van der Waals surface area contributed by atoms with Crippen LogP contribution in [-0.2, 0) is 0 Å². The summed E-state index contributed by atoms with van der Waals surface area (Å²) in [5, 5.41) is 0. The van der Waals surface area contributed by atoms with Crippen LogP contribution in [0.25, 0.3) is 0 Å². The first-order valence-corrected chi connectivity index (χ1v) is 6.55. The number of nitrogens with two attached hydrogens (primary N) is 1. The molecule has 1 aliphatic rings. The molecule has 1 aliphatic carbocycles.